The number of nitrogens with zero attached hydrogens (tertiary/aromatic N) is 3. The van der Waals surface area contributed by atoms with Crippen LogP contribution in [0.1, 0.15) is 0 Å². The van der Waals surface area contributed by atoms with E-state index in [1.165, 1.54) is 105 Å². The van der Waals surface area contributed by atoms with Gasteiger partial charge >= 0.3 is 0 Å². The van der Waals surface area contributed by atoms with Gasteiger partial charge in [0.05, 0.1) is 22.1 Å². The Morgan fingerprint density at radius 3 is 1.67 bits per heavy atom. The Kier molecular flexibility index (Phi) is 6.53. The minimum Gasteiger partial charge on any atom is -0.311 e. The molecule has 9 aromatic carbocycles. The van der Waals surface area contributed by atoms with Crippen molar-refractivity contribution in [1.82, 2.24) is 9.13 Å². The van der Waals surface area contributed by atoms with Crippen LogP contribution >= 0.6 is 0 Å². The molecule has 2 aliphatic rings. The Hall–Kier alpha value is -7.56. The summed E-state index contributed by atoms with van der Waals surface area (Å²) in [6.45, 7) is 0.0159. The van der Waals surface area contributed by atoms with E-state index in [1.54, 1.807) is 0 Å². The summed E-state index contributed by atoms with van der Waals surface area (Å²) < 4.78 is 5.07. The minimum absolute atomic E-state index is 0.0159. The molecule has 3 nitrogen and oxygen atoms in total. The third kappa shape index (κ3) is 4.29. The van der Waals surface area contributed by atoms with E-state index < -0.39 is 0 Å². The van der Waals surface area contributed by atoms with Crippen LogP contribution in [-0.4, -0.2) is 15.8 Å². The Balaban J connectivity index is 1.18. The highest BCUT2D eigenvalue weighted by molar-refractivity contribution is 7.00. The molecule has 0 amide bonds. The molecule has 0 atom stereocenters. The van der Waals surface area contributed by atoms with Gasteiger partial charge in [0.1, 0.15) is 0 Å². The molecule has 0 saturated heterocycles. The van der Waals surface area contributed by atoms with E-state index in [-0.39, 0.29) is 6.71 Å². The molecule has 2 aromatic heterocycles. The zero-order valence-electron chi connectivity index (χ0n) is 31.5. The average Bonchev–Trinajstić information content (AvgIpc) is 3.82. The Morgan fingerprint density at radius 1 is 0.328 bits per heavy atom. The predicted octanol–water partition coefficient (Wildman–Crippen LogP) is 11.8. The first kappa shape index (κ1) is 31.6. The minimum atomic E-state index is 0.0159. The first-order valence-electron chi connectivity index (χ1n) is 20.1. The summed E-state index contributed by atoms with van der Waals surface area (Å²) in [5.41, 5.74) is 19.8. The van der Waals surface area contributed by atoms with Crippen molar-refractivity contribution in [3.8, 4) is 33.6 Å². The van der Waals surface area contributed by atoms with E-state index in [0.29, 0.717) is 0 Å². The fourth-order valence-electron chi connectivity index (χ4n) is 10.3. The van der Waals surface area contributed by atoms with E-state index in [9.17, 15) is 0 Å². The van der Waals surface area contributed by atoms with Gasteiger partial charge < -0.3 is 14.0 Å². The summed E-state index contributed by atoms with van der Waals surface area (Å²) in [6, 6.07) is 76.1. The monoisotopic (exact) mass is 735 g/mol. The summed E-state index contributed by atoms with van der Waals surface area (Å²) >= 11 is 0. The van der Waals surface area contributed by atoms with Gasteiger partial charge in [0.15, 0.2) is 0 Å². The Morgan fingerprint density at radius 2 is 0.914 bits per heavy atom. The van der Waals surface area contributed by atoms with Crippen molar-refractivity contribution in [1.29, 1.82) is 0 Å². The second kappa shape index (κ2) is 12.0. The fraction of sp³-hybridized carbons (Fsp3) is 0. The van der Waals surface area contributed by atoms with Crippen LogP contribution in [-0.2, 0) is 0 Å². The van der Waals surface area contributed by atoms with Crippen molar-refractivity contribution in [2.75, 3.05) is 4.90 Å². The van der Waals surface area contributed by atoms with Crippen LogP contribution in [0.15, 0.2) is 206 Å². The Labute approximate surface area is 336 Å². The first-order chi connectivity index (χ1) is 28.8. The van der Waals surface area contributed by atoms with Crippen LogP contribution in [0.4, 0.5) is 17.1 Å². The van der Waals surface area contributed by atoms with Crippen LogP contribution in [0, 0.1) is 0 Å². The lowest BCUT2D eigenvalue weighted by atomic mass is 9.33. The van der Waals surface area contributed by atoms with Crippen LogP contribution in [0.25, 0.3) is 77.2 Å². The zero-order chi connectivity index (χ0) is 37.9. The lowest BCUT2D eigenvalue weighted by Gasteiger charge is -2.40. The smallest absolute Gasteiger partial charge is 0.252 e. The normalized spacial score (nSPS) is 12.8. The van der Waals surface area contributed by atoms with Gasteiger partial charge in [0.2, 0.25) is 0 Å². The van der Waals surface area contributed by atoms with Gasteiger partial charge in [-0.3, -0.25) is 0 Å². The highest BCUT2D eigenvalue weighted by Gasteiger charge is 2.43. The number of hydrogen-bond acceptors (Lipinski definition) is 1. The number of rotatable bonds is 4. The molecule has 4 heteroatoms. The van der Waals surface area contributed by atoms with Crippen molar-refractivity contribution in [2.45, 2.75) is 0 Å². The highest BCUT2D eigenvalue weighted by Crippen LogP contribution is 2.46. The molecule has 58 heavy (non-hydrogen) atoms. The number of benzene rings is 9. The second-order valence-corrected chi connectivity index (χ2v) is 15.7. The lowest BCUT2D eigenvalue weighted by molar-refractivity contribution is 1.17. The van der Waals surface area contributed by atoms with Gasteiger partial charge in [0, 0.05) is 50.0 Å². The molecule has 0 aliphatic carbocycles. The molecule has 2 aliphatic heterocycles. The summed E-state index contributed by atoms with van der Waals surface area (Å²) in [5, 5.41) is 5.13. The van der Waals surface area contributed by atoms with Crippen molar-refractivity contribution >= 4 is 83.8 Å². The molecule has 0 bridgehead atoms. The van der Waals surface area contributed by atoms with Crippen molar-refractivity contribution < 1.29 is 0 Å². The van der Waals surface area contributed by atoms with E-state index in [4.69, 9.17) is 0 Å². The van der Waals surface area contributed by atoms with E-state index in [0.717, 1.165) is 5.69 Å². The van der Waals surface area contributed by atoms with Crippen molar-refractivity contribution in [2.24, 2.45) is 0 Å². The van der Waals surface area contributed by atoms with Gasteiger partial charge in [-0.1, -0.05) is 152 Å². The molecular formula is C54H34BN3. The molecule has 0 saturated carbocycles. The molecule has 0 radical (unpaired) electrons. The maximum absolute atomic E-state index is 2.57. The molecule has 13 rings (SSSR count). The number of fused-ring (bicyclic) bond motifs is 11. The maximum atomic E-state index is 2.57. The fourth-order valence-corrected chi connectivity index (χ4v) is 10.3. The highest BCUT2D eigenvalue weighted by atomic mass is 15.2. The number of aromatic nitrogens is 2. The van der Waals surface area contributed by atoms with E-state index in [1.807, 2.05) is 0 Å². The topological polar surface area (TPSA) is 13.1 Å². The quantitative estimate of drug-likeness (QED) is 0.164. The third-order valence-electron chi connectivity index (χ3n) is 12.7. The predicted molar refractivity (Wildman–Crippen MR) is 245 cm³/mol. The lowest BCUT2D eigenvalue weighted by Crippen LogP contribution is -2.60. The van der Waals surface area contributed by atoms with E-state index in [2.05, 4.69) is 220 Å². The number of hydrogen-bond donors (Lipinski definition) is 0. The van der Waals surface area contributed by atoms with Crippen molar-refractivity contribution in [3.63, 3.8) is 0 Å². The molecule has 268 valence electrons. The second-order valence-electron chi connectivity index (χ2n) is 15.7. The van der Waals surface area contributed by atoms with Gasteiger partial charge in [-0.25, -0.2) is 0 Å². The van der Waals surface area contributed by atoms with Crippen molar-refractivity contribution in [3.05, 3.63) is 206 Å². The first-order valence-corrected chi connectivity index (χ1v) is 20.1. The van der Waals surface area contributed by atoms with Gasteiger partial charge in [-0.15, -0.1) is 0 Å². The van der Waals surface area contributed by atoms with Gasteiger partial charge in [0.25, 0.3) is 6.71 Å². The van der Waals surface area contributed by atoms with Crippen LogP contribution in [0.2, 0.25) is 0 Å². The molecular weight excluding hydrogens is 701 g/mol. The summed E-state index contributed by atoms with van der Waals surface area (Å²) in [4.78, 5) is 2.53. The van der Waals surface area contributed by atoms with Crippen LogP contribution < -0.4 is 21.3 Å². The van der Waals surface area contributed by atoms with Gasteiger partial charge in [-0.05, 0) is 93.2 Å². The SMILES string of the molecule is c1ccc(-c2cccc(N3c4cc(-c5ccccc5)ccc4B4c5c3cccc5-n3c5ccccc5c5c3c4cc3c4ccccc4n(-c4ccccc4)c35)c2)cc1. The zero-order valence-corrected chi connectivity index (χ0v) is 31.5. The summed E-state index contributed by atoms with van der Waals surface area (Å²) in [5.74, 6) is 0. The average molecular weight is 736 g/mol. The summed E-state index contributed by atoms with van der Waals surface area (Å²) in [6.07, 6.45) is 0. The molecule has 0 fully saturated rings. The Bertz CT molecular complexity index is 3450. The molecule has 4 heterocycles. The van der Waals surface area contributed by atoms with Crippen LogP contribution in [0.5, 0.6) is 0 Å². The maximum Gasteiger partial charge on any atom is 0.252 e. The molecule has 11 aromatic rings. The summed E-state index contributed by atoms with van der Waals surface area (Å²) in [7, 11) is 0. The molecule has 0 spiro atoms. The molecule has 0 unspecified atom stereocenters. The van der Waals surface area contributed by atoms with Gasteiger partial charge in [-0.2, -0.15) is 0 Å². The van der Waals surface area contributed by atoms with Crippen LogP contribution in [0.3, 0.4) is 0 Å². The van der Waals surface area contributed by atoms with E-state index >= 15 is 0 Å². The number of para-hydroxylation sites is 3. The largest absolute Gasteiger partial charge is 0.311 e. The standard InChI is InChI=1S/C54H34BN3/c1-4-16-35(17-5-1)37-20-14-23-40(32-37)56-48-28-15-29-49-52(48)55(44-31-30-38(33-50(44)56)36-18-6-2-7-19-36)45-34-43-41-24-10-12-26-46(41)57(39-21-8-3-9-22-39)53(43)51-42-25-11-13-27-47(42)58(49)54(45)51/h1-34H. The number of anilines is 3. The molecule has 0 N–H and O–H groups in total. The third-order valence-corrected chi connectivity index (χ3v) is 12.7.